The lowest BCUT2D eigenvalue weighted by Crippen LogP contribution is -2.54. The molecule has 0 fully saturated rings. The highest BCUT2D eigenvalue weighted by molar-refractivity contribution is 7.11. The average Bonchev–Trinajstić information content (AvgIpc) is 4.23. The minimum absolute atomic E-state index is 0.387. The number of thiazole rings is 2. The average molecular weight is 945 g/mol. The van der Waals surface area contributed by atoms with Crippen molar-refractivity contribution in [3.05, 3.63) is 223 Å². The highest BCUT2D eigenvalue weighted by atomic mass is 32.1. The summed E-state index contributed by atoms with van der Waals surface area (Å²) in [5.74, 6) is 1.40. The van der Waals surface area contributed by atoms with Gasteiger partial charge in [0.25, 0.3) is 0 Å². The van der Waals surface area contributed by atoms with Crippen LogP contribution < -0.4 is 42.0 Å². The Balaban J connectivity index is 1.58. The summed E-state index contributed by atoms with van der Waals surface area (Å²) in [5, 5.41) is 19.8. The third kappa shape index (κ3) is 8.32. The van der Waals surface area contributed by atoms with Gasteiger partial charge in [0.1, 0.15) is 33.2 Å². The van der Waals surface area contributed by atoms with Crippen LogP contribution in [0.4, 0.5) is 0 Å². The Morgan fingerprint density at radius 3 is 1.21 bits per heavy atom. The van der Waals surface area contributed by atoms with E-state index in [-0.39, 0.29) is 0 Å². The van der Waals surface area contributed by atoms with Crippen LogP contribution in [-0.2, 0) is 0 Å². The second-order valence-electron chi connectivity index (χ2n) is 17.4. The fourth-order valence-corrected chi connectivity index (χ4v) is 10.8. The summed E-state index contributed by atoms with van der Waals surface area (Å²) in [6, 6.07) is 53.6. The van der Waals surface area contributed by atoms with Gasteiger partial charge in [-0.1, -0.05) is 141 Å². The van der Waals surface area contributed by atoms with Crippen molar-refractivity contribution in [3.63, 3.8) is 0 Å². The first-order valence-electron chi connectivity index (χ1n) is 22.9. The quantitative estimate of drug-likeness (QED) is 0.0903. The fourth-order valence-electron chi connectivity index (χ4n) is 9.53. The van der Waals surface area contributed by atoms with Crippen LogP contribution in [0.25, 0.3) is 49.4 Å². The topological polar surface area (TPSA) is 82.2 Å². The maximum absolute atomic E-state index is 11.9. The third-order valence-electron chi connectivity index (χ3n) is 12.9. The Bertz CT molecular complexity index is 3360. The van der Waals surface area contributed by atoms with Gasteiger partial charge >= 0.3 is 13.7 Å². The maximum atomic E-state index is 11.9. The number of nitrogens with zero attached hydrogens (tertiary/aromatic N) is 6. The smallest absolute Gasteiger partial charge is 0.328 e. The molecular weight excluding hydrogens is 898 g/mol. The number of hydrogen-bond acceptors (Lipinski definition) is 7. The first-order chi connectivity index (χ1) is 34.2. The number of hydrogen-bond donors (Lipinski definition) is 0. The highest BCUT2D eigenvalue weighted by Crippen LogP contribution is 2.38. The Morgan fingerprint density at radius 2 is 0.886 bits per heavy atom. The van der Waals surface area contributed by atoms with E-state index in [1.54, 1.807) is 26.6 Å². The first-order valence-corrected chi connectivity index (χ1v) is 24.7. The predicted molar refractivity (Wildman–Crippen MR) is 290 cm³/mol. The van der Waals surface area contributed by atoms with Crippen molar-refractivity contribution in [2.75, 3.05) is 14.2 Å². The lowest BCUT2D eigenvalue weighted by Gasteiger charge is -2.25. The van der Waals surface area contributed by atoms with Crippen LogP contribution in [0, 0.1) is 45.6 Å². The van der Waals surface area contributed by atoms with Gasteiger partial charge in [-0.15, -0.1) is 22.7 Å². The molecule has 0 atom stereocenters. The van der Waals surface area contributed by atoms with E-state index in [0.717, 1.165) is 77.4 Å². The summed E-state index contributed by atoms with van der Waals surface area (Å²) in [5.41, 5.74) is 12.7. The second-order valence-corrected chi connectivity index (χ2v) is 19.2. The zero-order valence-corrected chi connectivity index (χ0v) is 41.3. The monoisotopic (exact) mass is 944 g/mol. The summed E-state index contributed by atoms with van der Waals surface area (Å²) in [4.78, 5) is 14.3. The lowest BCUT2D eigenvalue weighted by atomic mass is 9.49. The molecule has 0 saturated heterocycles. The van der Waals surface area contributed by atoms with Crippen LogP contribution in [0.2, 0.25) is 0 Å². The molecular formula is C58H46B2N6O2S2. The summed E-state index contributed by atoms with van der Waals surface area (Å²) >= 11 is 2.86. The van der Waals surface area contributed by atoms with Gasteiger partial charge in [-0.05, 0) is 87.4 Å². The van der Waals surface area contributed by atoms with E-state index < -0.39 is 13.7 Å². The first kappa shape index (κ1) is 45.6. The van der Waals surface area contributed by atoms with Gasteiger partial charge in [0.05, 0.1) is 26.1 Å². The van der Waals surface area contributed by atoms with Crippen molar-refractivity contribution in [2.45, 2.75) is 27.7 Å². The Hall–Kier alpha value is -8.15. The van der Waals surface area contributed by atoms with Gasteiger partial charge in [0.2, 0.25) is 5.70 Å². The Morgan fingerprint density at radius 1 is 0.529 bits per heavy atom. The van der Waals surface area contributed by atoms with Crippen LogP contribution in [0.5, 0.6) is 11.5 Å². The van der Waals surface area contributed by atoms with Gasteiger partial charge in [0.15, 0.2) is 0 Å². The molecule has 0 unspecified atom stereocenters. The normalized spacial score (nSPS) is 12.0. The summed E-state index contributed by atoms with van der Waals surface area (Å²) in [6.45, 7) is 16.7. The maximum Gasteiger partial charge on any atom is 0.328 e. The van der Waals surface area contributed by atoms with E-state index in [1.165, 1.54) is 22.7 Å². The summed E-state index contributed by atoms with van der Waals surface area (Å²) in [6.07, 6.45) is 3.51. The molecule has 0 spiro atoms. The summed E-state index contributed by atoms with van der Waals surface area (Å²) in [7, 11) is 3.34. The SMILES string of the molecule is [C-]#[N+]/C(c1nccs1)=c1\c2c(-c3ccc(OC)cc3)n(B(c3ccc(C)cc3)c3ccc(C)cc3)/c(=C(/C#N)c3nccs3)c2c(-c2ccc(OC)cc2)n1B(c1ccc(C)cc1)c1ccc(C)cc1. The second kappa shape index (κ2) is 19.5. The molecule has 0 radical (unpaired) electrons. The zero-order valence-electron chi connectivity index (χ0n) is 39.6. The van der Waals surface area contributed by atoms with Crippen LogP contribution in [0.1, 0.15) is 32.3 Å². The van der Waals surface area contributed by atoms with Gasteiger partial charge in [-0.3, -0.25) is 4.98 Å². The highest BCUT2D eigenvalue weighted by Gasteiger charge is 2.37. The minimum atomic E-state index is -0.477. The van der Waals surface area contributed by atoms with E-state index in [1.807, 2.05) is 35.0 Å². The van der Waals surface area contributed by atoms with Crippen molar-refractivity contribution in [1.29, 1.82) is 5.26 Å². The largest absolute Gasteiger partial charge is 0.497 e. The molecule has 12 heteroatoms. The number of nitriles is 1. The molecule has 338 valence electrons. The molecule has 8 nitrogen and oxygen atoms in total. The van der Waals surface area contributed by atoms with Crippen LogP contribution >= 0.6 is 22.7 Å². The number of benzene rings is 6. The molecule has 10 rings (SSSR count). The van der Waals surface area contributed by atoms with Gasteiger partial charge in [0, 0.05) is 50.7 Å². The van der Waals surface area contributed by atoms with E-state index in [0.29, 0.717) is 43.5 Å². The molecule has 70 heavy (non-hydrogen) atoms. The summed E-state index contributed by atoms with van der Waals surface area (Å²) < 4.78 is 16.3. The molecule has 0 aliphatic heterocycles. The van der Waals surface area contributed by atoms with Crippen molar-refractivity contribution in [3.8, 4) is 40.1 Å². The van der Waals surface area contributed by atoms with Crippen molar-refractivity contribution in [2.24, 2.45) is 0 Å². The van der Waals surface area contributed by atoms with E-state index in [4.69, 9.17) is 19.4 Å². The van der Waals surface area contributed by atoms with Gasteiger partial charge < -0.3 is 18.4 Å². The van der Waals surface area contributed by atoms with Crippen LogP contribution in [-0.4, -0.2) is 46.8 Å². The lowest BCUT2D eigenvalue weighted by molar-refractivity contribution is 0.415. The molecule has 0 bridgehead atoms. The van der Waals surface area contributed by atoms with Crippen molar-refractivity contribution >= 4 is 80.3 Å². The molecule has 0 saturated carbocycles. The number of rotatable bonds is 12. The van der Waals surface area contributed by atoms with Gasteiger partial charge in [-0.2, -0.15) is 5.26 Å². The third-order valence-corrected chi connectivity index (χ3v) is 14.5. The van der Waals surface area contributed by atoms with E-state index in [9.17, 15) is 11.8 Å². The molecule has 0 N–H and O–H groups in total. The molecule has 4 heterocycles. The number of aromatic nitrogens is 4. The minimum Gasteiger partial charge on any atom is -0.497 e. The van der Waals surface area contributed by atoms with Crippen molar-refractivity contribution in [1.82, 2.24) is 18.9 Å². The molecule has 0 aliphatic rings. The number of aryl methyl sites for hydroxylation is 4. The molecule has 6 aromatic carbocycles. The van der Waals surface area contributed by atoms with E-state index in [2.05, 4.69) is 169 Å². The number of fused-ring (bicyclic) bond motifs is 1. The van der Waals surface area contributed by atoms with Gasteiger partial charge in [-0.25, -0.2) is 9.83 Å². The molecule has 4 aromatic heterocycles. The Labute approximate surface area is 416 Å². The standard InChI is InChI=1S/C58H46B2N6O2S2/c1-37-8-20-43(21-9-37)59(44-22-10-38(2)11-23-44)65-54(42-18-30-48(68-7)31-19-42)51-50(55(65)49(36-61)57-63-32-34-69-57)53(41-16-28-47(67-6)29-17-41)66(56(51)52(62-5)58-64-33-35-70-58)60(45-24-12-39(3)13-25-45)46-26-14-40(4)15-27-46/h8-35H,1-4,6-7H3/b55-49-,56-52+. The predicted octanol–water partition coefficient (Wildman–Crippen LogP) is 9.05. The van der Waals surface area contributed by atoms with Crippen LogP contribution in [0.3, 0.4) is 0 Å². The molecule has 10 aromatic rings. The molecule has 0 amide bonds. The van der Waals surface area contributed by atoms with E-state index >= 15 is 0 Å². The zero-order chi connectivity index (χ0) is 48.5. The van der Waals surface area contributed by atoms with Crippen LogP contribution in [0.15, 0.2) is 169 Å². The number of ether oxygens (including phenoxy) is 2. The van der Waals surface area contributed by atoms with Crippen molar-refractivity contribution < 1.29 is 9.47 Å². The fraction of sp³-hybridized carbons (Fsp3) is 0.103. The Kier molecular flexibility index (Phi) is 12.7. The number of methoxy groups -OCH3 is 2. The molecule has 0 aliphatic carbocycles.